The van der Waals surface area contributed by atoms with E-state index in [1.54, 1.807) is 0 Å². The first-order valence-electron chi connectivity index (χ1n) is 7.44. The Bertz CT molecular complexity index is 448. The van der Waals surface area contributed by atoms with Crippen molar-refractivity contribution in [3.63, 3.8) is 0 Å². The van der Waals surface area contributed by atoms with Crippen LogP contribution in [0, 0.1) is 5.92 Å². The summed E-state index contributed by atoms with van der Waals surface area (Å²) in [6.45, 7) is 8.30. The Kier molecular flexibility index (Phi) is 5.41. The number of amides is 1. The molecule has 2 rings (SSSR count). The molecule has 1 aliphatic rings. The van der Waals surface area contributed by atoms with Gasteiger partial charge in [0.15, 0.2) is 0 Å². The van der Waals surface area contributed by atoms with Gasteiger partial charge in [0.1, 0.15) is 12.4 Å². The lowest BCUT2D eigenvalue weighted by Crippen LogP contribution is -2.38. The van der Waals surface area contributed by atoms with Crippen LogP contribution < -0.4 is 10.1 Å². The maximum Gasteiger partial charge on any atom is 0.257 e. The highest BCUT2D eigenvalue weighted by Gasteiger charge is 2.24. The van der Waals surface area contributed by atoms with Crippen molar-refractivity contribution >= 4 is 5.91 Å². The number of para-hydroxylation sites is 1. The van der Waals surface area contributed by atoms with Crippen molar-refractivity contribution < 1.29 is 9.53 Å². The van der Waals surface area contributed by atoms with E-state index in [0.717, 1.165) is 26.1 Å². The summed E-state index contributed by atoms with van der Waals surface area (Å²) in [6.07, 6.45) is 1.14. The lowest BCUT2D eigenvalue weighted by molar-refractivity contribution is 0.0731. The lowest BCUT2D eigenvalue weighted by Gasteiger charge is -2.24. The van der Waals surface area contributed by atoms with Gasteiger partial charge in [-0.25, -0.2) is 0 Å². The van der Waals surface area contributed by atoms with E-state index >= 15 is 0 Å². The minimum atomic E-state index is 0.0837. The molecule has 0 spiro atoms. The van der Waals surface area contributed by atoms with Crippen LogP contribution in [0.15, 0.2) is 24.3 Å². The molecule has 1 aliphatic heterocycles. The predicted molar refractivity (Wildman–Crippen MR) is 80.2 cm³/mol. The molecular weight excluding hydrogens is 252 g/mol. The van der Waals surface area contributed by atoms with Crippen molar-refractivity contribution in [2.45, 2.75) is 20.3 Å². The molecule has 1 aromatic rings. The Morgan fingerprint density at radius 2 is 2.20 bits per heavy atom. The molecule has 0 radical (unpaired) electrons. The van der Waals surface area contributed by atoms with Gasteiger partial charge in [0, 0.05) is 6.54 Å². The molecule has 0 saturated heterocycles. The molecule has 20 heavy (non-hydrogen) atoms. The van der Waals surface area contributed by atoms with E-state index in [0.29, 0.717) is 30.4 Å². The molecule has 0 fully saturated rings. The zero-order valence-electron chi connectivity index (χ0n) is 12.4. The number of carbonyl (C=O) groups is 1. The number of nitrogens with one attached hydrogen (secondary N) is 1. The molecule has 0 saturated carbocycles. The molecular formula is C16H24N2O2. The van der Waals surface area contributed by atoms with Crippen molar-refractivity contribution in [3.05, 3.63) is 29.8 Å². The third-order valence-electron chi connectivity index (χ3n) is 3.48. The van der Waals surface area contributed by atoms with Crippen LogP contribution in [0.1, 0.15) is 30.6 Å². The van der Waals surface area contributed by atoms with Gasteiger partial charge in [-0.05, 0) is 37.6 Å². The van der Waals surface area contributed by atoms with E-state index in [1.165, 1.54) is 0 Å². The molecule has 4 nitrogen and oxygen atoms in total. The predicted octanol–water partition coefficient (Wildman–Crippen LogP) is 2.16. The fourth-order valence-corrected chi connectivity index (χ4v) is 2.45. The number of hydrogen-bond donors (Lipinski definition) is 1. The molecule has 110 valence electrons. The zero-order chi connectivity index (χ0) is 14.4. The fourth-order valence-electron chi connectivity index (χ4n) is 2.45. The summed E-state index contributed by atoms with van der Waals surface area (Å²) in [5, 5.41) is 3.40. The first kappa shape index (κ1) is 14.9. The summed E-state index contributed by atoms with van der Waals surface area (Å²) in [6, 6.07) is 7.49. The normalized spacial score (nSPS) is 16.3. The number of ether oxygens (including phenoxy) is 1. The fraction of sp³-hybridized carbons (Fsp3) is 0.562. The summed E-state index contributed by atoms with van der Waals surface area (Å²) >= 11 is 0. The highest BCUT2D eigenvalue weighted by Crippen LogP contribution is 2.22. The second-order valence-corrected chi connectivity index (χ2v) is 5.41. The highest BCUT2D eigenvalue weighted by atomic mass is 16.5. The Hall–Kier alpha value is -1.55. The number of fused-ring (bicyclic) bond motifs is 1. The third kappa shape index (κ3) is 3.73. The maximum absolute atomic E-state index is 12.5. The van der Waals surface area contributed by atoms with Gasteiger partial charge in [-0.15, -0.1) is 0 Å². The first-order chi connectivity index (χ1) is 9.72. The maximum atomic E-state index is 12.5. The SMILES string of the molecule is CCCNCC(C)CN1CCOc2ccccc2C1=O. The van der Waals surface area contributed by atoms with Crippen molar-refractivity contribution in [3.8, 4) is 5.75 Å². The number of carbonyl (C=O) groups excluding carboxylic acids is 1. The van der Waals surface area contributed by atoms with Crippen molar-refractivity contribution in [2.75, 3.05) is 32.8 Å². The smallest absolute Gasteiger partial charge is 0.257 e. The molecule has 0 bridgehead atoms. The summed E-state index contributed by atoms with van der Waals surface area (Å²) < 4.78 is 5.65. The monoisotopic (exact) mass is 276 g/mol. The topological polar surface area (TPSA) is 41.6 Å². The number of nitrogens with zero attached hydrogens (tertiary/aromatic N) is 1. The van der Waals surface area contributed by atoms with Crippen LogP contribution in [0.4, 0.5) is 0 Å². The number of hydrogen-bond acceptors (Lipinski definition) is 3. The van der Waals surface area contributed by atoms with E-state index in [9.17, 15) is 4.79 Å². The largest absolute Gasteiger partial charge is 0.491 e. The Morgan fingerprint density at radius 3 is 3.00 bits per heavy atom. The second-order valence-electron chi connectivity index (χ2n) is 5.41. The van der Waals surface area contributed by atoms with Gasteiger partial charge in [0.25, 0.3) is 5.91 Å². The Morgan fingerprint density at radius 1 is 1.40 bits per heavy atom. The van der Waals surface area contributed by atoms with Gasteiger partial charge in [0.05, 0.1) is 12.1 Å². The van der Waals surface area contributed by atoms with Gasteiger partial charge >= 0.3 is 0 Å². The van der Waals surface area contributed by atoms with E-state index in [2.05, 4.69) is 19.2 Å². The Balaban J connectivity index is 1.97. The number of rotatable bonds is 6. The number of benzene rings is 1. The van der Waals surface area contributed by atoms with E-state index in [4.69, 9.17) is 4.74 Å². The average Bonchev–Trinajstić information content (AvgIpc) is 2.60. The minimum absolute atomic E-state index is 0.0837. The summed E-state index contributed by atoms with van der Waals surface area (Å²) in [4.78, 5) is 14.4. The van der Waals surface area contributed by atoms with Gasteiger partial charge < -0.3 is 15.0 Å². The van der Waals surface area contributed by atoms with Crippen LogP contribution in [0.25, 0.3) is 0 Å². The molecule has 1 N–H and O–H groups in total. The van der Waals surface area contributed by atoms with Gasteiger partial charge in [-0.3, -0.25) is 4.79 Å². The summed E-state index contributed by atoms with van der Waals surface area (Å²) in [7, 11) is 0. The molecule has 4 heteroatoms. The average molecular weight is 276 g/mol. The van der Waals surface area contributed by atoms with Gasteiger partial charge in [-0.2, -0.15) is 0 Å². The molecule has 1 heterocycles. The Labute approximate surface area is 121 Å². The van der Waals surface area contributed by atoms with Crippen molar-refractivity contribution in [1.29, 1.82) is 0 Å². The molecule has 0 aliphatic carbocycles. The van der Waals surface area contributed by atoms with Crippen LogP contribution in [0.2, 0.25) is 0 Å². The molecule has 1 unspecified atom stereocenters. The zero-order valence-corrected chi connectivity index (χ0v) is 12.4. The second kappa shape index (κ2) is 7.29. The summed E-state index contributed by atoms with van der Waals surface area (Å²) in [5.41, 5.74) is 0.679. The summed E-state index contributed by atoms with van der Waals surface area (Å²) in [5.74, 6) is 1.23. The van der Waals surface area contributed by atoms with Crippen LogP contribution in [-0.2, 0) is 0 Å². The van der Waals surface area contributed by atoms with Crippen LogP contribution in [0.5, 0.6) is 5.75 Å². The first-order valence-corrected chi connectivity index (χ1v) is 7.44. The standard InChI is InChI=1S/C16H24N2O2/c1-3-8-17-11-13(2)12-18-9-10-20-15-7-5-4-6-14(15)16(18)19/h4-7,13,17H,3,8-12H2,1-2H3. The molecule has 1 atom stereocenters. The molecule has 0 aromatic heterocycles. The van der Waals surface area contributed by atoms with Crippen LogP contribution >= 0.6 is 0 Å². The van der Waals surface area contributed by atoms with Gasteiger partial charge in [0.2, 0.25) is 0 Å². The van der Waals surface area contributed by atoms with E-state index in [1.807, 2.05) is 29.2 Å². The van der Waals surface area contributed by atoms with Crippen LogP contribution in [0.3, 0.4) is 0 Å². The van der Waals surface area contributed by atoms with Crippen LogP contribution in [-0.4, -0.2) is 43.6 Å². The minimum Gasteiger partial charge on any atom is -0.491 e. The van der Waals surface area contributed by atoms with Gasteiger partial charge in [-0.1, -0.05) is 26.0 Å². The highest BCUT2D eigenvalue weighted by molar-refractivity contribution is 5.97. The van der Waals surface area contributed by atoms with Crippen molar-refractivity contribution in [2.24, 2.45) is 5.92 Å². The third-order valence-corrected chi connectivity index (χ3v) is 3.48. The quantitative estimate of drug-likeness (QED) is 0.810. The van der Waals surface area contributed by atoms with E-state index < -0.39 is 0 Å². The molecule has 1 amide bonds. The molecule has 1 aromatic carbocycles. The lowest BCUT2D eigenvalue weighted by atomic mass is 10.1. The van der Waals surface area contributed by atoms with Crippen molar-refractivity contribution in [1.82, 2.24) is 10.2 Å². The van der Waals surface area contributed by atoms with E-state index in [-0.39, 0.29) is 5.91 Å².